The van der Waals surface area contributed by atoms with Crippen molar-refractivity contribution in [3.05, 3.63) is 47.3 Å². The Kier molecular flexibility index (Phi) is 5.12. The fourth-order valence-corrected chi connectivity index (χ4v) is 2.69. The van der Waals surface area contributed by atoms with Crippen molar-refractivity contribution in [3.63, 3.8) is 0 Å². The van der Waals surface area contributed by atoms with Crippen LogP contribution in [0, 0.1) is 5.92 Å². The molecule has 0 spiro atoms. The fraction of sp³-hybridized carbons (Fsp3) is 0.556. The summed E-state index contributed by atoms with van der Waals surface area (Å²) in [4.78, 5) is 0. The number of halogens is 2. The molecule has 1 aromatic carbocycles. The molecular formula is C18H26F2. The van der Waals surface area contributed by atoms with Crippen LogP contribution in [-0.4, -0.2) is 0 Å². The molecule has 2 heteroatoms. The molecule has 0 aliphatic heterocycles. The molecule has 0 fully saturated rings. The first-order valence-electron chi connectivity index (χ1n) is 7.16. The smallest absolute Gasteiger partial charge is 0.130 e. The molecule has 1 unspecified atom stereocenters. The first-order valence-corrected chi connectivity index (χ1v) is 7.16. The Morgan fingerprint density at radius 3 is 1.95 bits per heavy atom. The zero-order chi connectivity index (χ0) is 15.6. The minimum atomic E-state index is -1.32. The summed E-state index contributed by atoms with van der Waals surface area (Å²) in [5.74, 6) is 0.0371. The molecule has 1 rings (SSSR count). The maximum atomic E-state index is 13.9. The molecule has 0 radical (unpaired) electrons. The van der Waals surface area contributed by atoms with Crippen LogP contribution in [-0.2, 0) is 11.1 Å². The highest BCUT2D eigenvalue weighted by Gasteiger charge is 2.24. The molecule has 1 aromatic rings. The van der Waals surface area contributed by atoms with Gasteiger partial charge in [-0.1, -0.05) is 51.1 Å². The molecule has 0 heterocycles. The first-order chi connectivity index (χ1) is 9.02. The molecule has 1 atom stereocenters. The van der Waals surface area contributed by atoms with Crippen LogP contribution in [0.1, 0.15) is 59.1 Å². The second kappa shape index (κ2) is 6.07. The SMILES string of the molecule is C/C(F)=C/C(C)CC(C)(C)c1ccc(C(C)(C)F)cc1. The summed E-state index contributed by atoms with van der Waals surface area (Å²) in [5.41, 5.74) is 0.459. The van der Waals surface area contributed by atoms with E-state index >= 15 is 0 Å². The standard InChI is InChI=1S/C18H26F2/c1-13(11-14(2)19)12-17(3,4)15-7-9-16(10-8-15)18(5,6)20/h7-11,13H,12H2,1-6H3/b14-11-. The number of hydrogen-bond donors (Lipinski definition) is 0. The lowest BCUT2D eigenvalue weighted by atomic mass is 9.77. The minimum Gasteiger partial charge on any atom is -0.239 e. The van der Waals surface area contributed by atoms with E-state index in [2.05, 4.69) is 13.8 Å². The van der Waals surface area contributed by atoms with E-state index in [0.29, 0.717) is 5.56 Å². The zero-order valence-electron chi connectivity index (χ0n) is 13.4. The quantitative estimate of drug-likeness (QED) is 0.614. The molecular weight excluding hydrogens is 254 g/mol. The summed E-state index contributed by atoms with van der Waals surface area (Å²) in [6.07, 6.45) is 2.51. The second-order valence-corrected chi connectivity index (χ2v) is 6.87. The monoisotopic (exact) mass is 280 g/mol. The van der Waals surface area contributed by atoms with Gasteiger partial charge in [0.15, 0.2) is 0 Å². The van der Waals surface area contributed by atoms with Gasteiger partial charge in [0, 0.05) is 0 Å². The van der Waals surface area contributed by atoms with E-state index in [4.69, 9.17) is 0 Å². The Hall–Kier alpha value is -1.18. The third kappa shape index (κ3) is 4.73. The third-order valence-corrected chi connectivity index (χ3v) is 3.70. The molecule has 0 amide bonds. The van der Waals surface area contributed by atoms with Gasteiger partial charge in [-0.05, 0) is 49.7 Å². The van der Waals surface area contributed by atoms with Crippen LogP contribution >= 0.6 is 0 Å². The lowest BCUT2D eigenvalue weighted by Crippen LogP contribution is -2.20. The Morgan fingerprint density at radius 2 is 1.55 bits per heavy atom. The van der Waals surface area contributed by atoms with Crippen molar-refractivity contribution in [3.8, 4) is 0 Å². The number of hydrogen-bond acceptors (Lipinski definition) is 0. The predicted molar refractivity (Wildman–Crippen MR) is 82.2 cm³/mol. The highest BCUT2D eigenvalue weighted by Crippen LogP contribution is 2.33. The van der Waals surface area contributed by atoms with Crippen molar-refractivity contribution >= 4 is 0 Å². The van der Waals surface area contributed by atoms with Crippen LogP contribution < -0.4 is 0 Å². The number of alkyl halides is 1. The Labute approximate surface area is 121 Å². The summed E-state index contributed by atoms with van der Waals surface area (Å²) >= 11 is 0. The normalized spacial score (nSPS) is 15.3. The molecule has 0 bridgehead atoms. The van der Waals surface area contributed by atoms with E-state index in [1.807, 2.05) is 31.2 Å². The van der Waals surface area contributed by atoms with Gasteiger partial charge in [-0.15, -0.1) is 0 Å². The summed E-state index contributed by atoms with van der Waals surface area (Å²) in [7, 11) is 0. The maximum absolute atomic E-state index is 13.9. The van der Waals surface area contributed by atoms with Crippen molar-refractivity contribution in [1.82, 2.24) is 0 Å². The molecule has 112 valence electrons. The number of rotatable bonds is 5. The van der Waals surface area contributed by atoms with Gasteiger partial charge in [-0.2, -0.15) is 0 Å². The number of allylic oxidation sites excluding steroid dienone is 2. The van der Waals surface area contributed by atoms with E-state index in [1.165, 1.54) is 6.92 Å². The predicted octanol–water partition coefficient (Wildman–Crippen LogP) is 6.07. The number of benzene rings is 1. The fourth-order valence-electron chi connectivity index (χ4n) is 2.69. The van der Waals surface area contributed by atoms with Crippen molar-refractivity contribution < 1.29 is 8.78 Å². The van der Waals surface area contributed by atoms with Crippen LogP contribution in [0.3, 0.4) is 0 Å². The average molecular weight is 280 g/mol. The maximum Gasteiger partial charge on any atom is 0.130 e. The van der Waals surface area contributed by atoms with Crippen molar-refractivity contribution in [2.45, 2.75) is 59.0 Å². The third-order valence-electron chi connectivity index (χ3n) is 3.70. The van der Waals surface area contributed by atoms with Crippen LogP contribution in [0.4, 0.5) is 8.78 Å². The zero-order valence-corrected chi connectivity index (χ0v) is 13.4. The van der Waals surface area contributed by atoms with Gasteiger partial charge < -0.3 is 0 Å². The van der Waals surface area contributed by atoms with E-state index in [-0.39, 0.29) is 17.2 Å². The largest absolute Gasteiger partial charge is 0.239 e. The van der Waals surface area contributed by atoms with Gasteiger partial charge >= 0.3 is 0 Å². The minimum absolute atomic E-state index is 0.0651. The molecule has 0 saturated heterocycles. The molecule has 0 saturated carbocycles. The van der Waals surface area contributed by atoms with E-state index in [1.54, 1.807) is 19.9 Å². The van der Waals surface area contributed by atoms with Gasteiger partial charge in [0.05, 0.1) is 5.83 Å². The molecule has 0 aromatic heterocycles. The first kappa shape index (κ1) is 16.9. The van der Waals surface area contributed by atoms with E-state index in [9.17, 15) is 8.78 Å². The van der Waals surface area contributed by atoms with Crippen LogP contribution in [0.15, 0.2) is 36.2 Å². The summed E-state index contributed by atoms with van der Waals surface area (Å²) < 4.78 is 26.8. The summed E-state index contributed by atoms with van der Waals surface area (Å²) in [5, 5.41) is 0. The Bertz CT molecular complexity index is 457. The van der Waals surface area contributed by atoms with E-state index in [0.717, 1.165) is 12.0 Å². The van der Waals surface area contributed by atoms with Crippen molar-refractivity contribution in [2.75, 3.05) is 0 Å². The lowest BCUT2D eigenvalue weighted by Gasteiger charge is -2.28. The van der Waals surface area contributed by atoms with Gasteiger partial charge in [0.25, 0.3) is 0 Å². The van der Waals surface area contributed by atoms with Crippen molar-refractivity contribution in [2.24, 2.45) is 5.92 Å². The average Bonchev–Trinajstić information content (AvgIpc) is 2.26. The van der Waals surface area contributed by atoms with Gasteiger partial charge in [-0.3, -0.25) is 0 Å². The van der Waals surface area contributed by atoms with Crippen molar-refractivity contribution in [1.29, 1.82) is 0 Å². The summed E-state index contributed by atoms with van der Waals surface area (Å²) in [6, 6.07) is 7.65. The second-order valence-electron chi connectivity index (χ2n) is 6.87. The van der Waals surface area contributed by atoms with E-state index < -0.39 is 5.67 Å². The topological polar surface area (TPSA) is 0 Å². The molecule has 20 heavy (non-hydrogen) atoms. The van der Waals surface area contributed by atoms with Gasteiger partial charge in [0.1, 0.15) is 5.67 Å². The lowest BCUT2D eigenvalue weighted by molar-refractivity contribution is 0.221. The Balaban J connectivity index is 2.90. The molecule has 0 aliphatic carbocycles. The highest BCUT2D eigenvalue weighted by atomic mass is 19.1. The molecule has 0 nitrogen and oxygen atoms in total. The highest BCUT2D eigenvalue weighted by molar-refractivity contribution is 5.30. The molecule has 0 N–H and O–H groups in total. The van der Waals surface area contributed by atoms with Gasteiger partial charge in [0.2, 0.25) is 0 Å². The van der Waals surface area contributed by atoms with Gasteiger partial charge in [-0.25, -0.2) is 8.78 Å². The molecule has 0 aliphatic rings. The van der Waals surface area contributed by atoms with Crippen LogP contribution in [0.25, 0.3) is 0 Å². The van der Waals surface area contributed by atoms with Crippen LogP contribution in [0.2, 0.25) is 0 Å². The van der Waals surface area contributed by atoms with Crippen LogP contribution in [0.5, 0.6) is 0 Å². The summed E-state index contributed by atoms with van der Waals surface area (Å²) in [6.45, 7) is 10.9. The Morgan fingerprint density at radius 1 is 1.10 bits per heavy atom.